The van der Waals surface area contributed by atoms with Crippen molar-refractivity contribution in [3.05, 3.63) is 39.2 Å². The van der Waals surface area contributed by atoms with Crippen molar-refractivity contribution >= 4 is 86.8 Å². The Morgan fingerprint density at radius 1 is 0.733 bits per heavy atom. The number of fused-ring (bicyclic) bond motifs is 3. The van der Waals surface area contributed by atoms with Crippen LogP contribution in [0.25, 0.3) is 0 Å². The summed E-state index contributed by atoms with van der Waals surface area (Å²) in [5.74, 6) is 3.65. The monoisotopic (exact) mass is 1080 g/mol. The van der Waals surface area contributed by atoms with Crippen LogP contribution in [-0.2, 0) is 33.4 Å². The molecule has 17 nitrogen and oxygen atoms in total. The second-order valence-corrected chi connectivity index (χ2v) is 15.7. The average molecular weight is 1080 g/mol. The Kier molecular flexibility index (Phi) is 34.1. The summed E-state index contributed by atoms with van der Waals surface area (Å²) in [5.41, 5.74) is -1.35. The molecule has 25 heteroatoms. The zero-order valence-corrected chi connectivity index (χ0v) is 42.8. The number of ether oxygens (including phenoxy) is 8. The SMILES string of the molecule is BrCC1(CBr)COc2cscc2OC1.C.C.CC(=O)OCC1(COC(C)=O)COc2cscc2OC1.O.OCC1(CO)COc2cscc2OC1.[2H]P([2H])([3H])=O.[CH2-]C1OO1.[Na+].[Na+].[OH-]. The van der Waals surface area contributed by atoms with Crippen molar-refractivity contribution in [1.29, 1.82) is 3.84 Å². The predicted molar refractivity (Wildman–Crippen MR) is 230 cm³/mol. The Bertz CT molecular complexity index is 1570. The summed E-state index contributed by atoms with van der Waals surface area (Å²) in [6.07, 6.45) is -0.167. The number of hydrogen-bond donors (Lipinski definition) is 2. The van der Waals surface area contributed by atoms with Gasteiger partial charge < -0.3 is 63.6 Å². The van der Waals surface area contributed by atoms with Crippen molar-refractivity contribution in [3.63, 3.8) is 0 Å². The first kappa shape index (κ1) is 59.8. The third-order valence-electron chi connectivity index (χ3n) is 7.62. The van der Waals surface area contributed by atoms with Gasteiger partial charge in [-0.25, -0.2) is 9.78 Å². The predicted octanol–water partition coefficient (Wildman–Crippen LogP) is -0.256. The Morgan fingerprint density at radius 3 is 1.17 bits per heavy atom. The van der Waals surface area contributed by atoms with Gasteiger partial charge in [0.2, 0.25) is 0 Å². The molecule has 0 bridgehead atoms. The molecule has 0 atom stereocenters. The van der Waals surface area contributed by atoms with Crippen LogP contribution in [0.4, 0.5) is 0 Å². The fraction of sp³-hybridized carbons (Fsp3) is 0.571. The number of carbonyl (C=O) groups excluding carboxylic acids is 2. The molecule has 0 aliphatic carbocycles. The minimum absolute atomic E-state index is 0. The number of thiophene rings is 3. The second kappa shape index (κ2) is 34.2. The fourth-order valence-corrected chi connectivity index (χ4v) is 7.77. The van der Waals surface area contributed by atoms with Crippen molar-refractivity contribution in [3.8, 4) is 34.5 Å². The molecule has 4 aliphatic heterocycles. The van der Waals surface area contributed by atoms with Crippen LogP contribution in [0.3, 0.4) is 0 Å². The summed E-state index contributed by atoms with van der Waals surface area (Å²) in [5, 5.41) is 31.4. The first-order valence-corrected chi connectivity index (χ1v) is 21.3. The van der Waals surface area contributed by atoms with Gasteiger partial charge in [0.15, 0.2) is 34.5 Å². The zero-order valence-electron chi connectivity index (χ0n) is 35.3. The molecule has 1 fully saturated rings. The third kappa shape index (κ3) is 21.6. The van der Waals surface area contributed by atoms with Gasteiger partial charge >= 0.3 is 71.1 Å². The number of carbonyl (C=O) groups is 2. The topological polar surface area (TPSA) is 252 Å². The Balaban J connectivity index is -0.000000365. The summed E-state index contributed by atoms with van der Waals surface area (Å²) in [6, 6.07) is 0. The van der Waals surface area contributed by atoms with E-state index >= 15 is 0 Å². The molecule has 0 saturated carbocycles. The van der Waals surface area contributed by atoms with Crippen LogP contribution in [0, 0.1) is 23.2 Å². The molecular formula is C35H55Br2Na2O17PS3. The van der Waals surface area contributed by atoms with Crippen LogP contribution in [0.15, 0.2) is 32.3 Å². The maximum absolute atomic E-state index is 11.0. The molecule has 0 aromatic carbocycles. The zero-order chi connectivity index (χ0) is 42.1. The Labute approximate surface area is 430 Å². The van der Waals surface area contributed by atoms with E-state index in [0.717, 1.165) is 22.2 Å². The van der Waals surface area contributed by atoms with Gasteiger partial charge in [0.1, 0.15) is 51.3 Å². The van der Waals surface area contributed by atoms with Crippen LogP contribution in [-0.4, -0.2) is 120 Å². The number of aliphatic hydroxyl groups is 2. The first-order chi connectivity index (χ1) is 27.0. The van der Waals surface area contributed by atoms with Crippen LogP contribution in [0.2, 0.25) is 0 Å². The number of halogens is 2. The van der Waals surface area contributed by atoms with Crippen LogP contribution >= 0.6 is 74.8 Å². The maximum Gasteiger partial charge on any atom is 1.00 e. The molecular weight excluding hydrogens is 1030 g/mol. The Morgan fingerprint density at radius 2 is 0.967 bits per heavy atom. The van der Waals surface area contributed by atoms with Crippen molar-refractivity contribution in [2.45, 2.75) is 35.0 Å². The van der Waals surface area contributed by atoms with Gasteiger partial charge in [-0.1, -0.05) is 46.7 Å². The standard InChI is InChI=1S/C13H16O6S.C9H10Br2O2S.C9H12O4S.C2H3O2.2CH4.2Na.H3OP.2H2O/c1-9(14)16-5-13(6-17-10(2)15)7-18-11-3-20-4-12(11)19-8-13;2*10-3-9(4-11)5-12-7-1-14-2-8(7)13-6-9;1-2-3-4-2;;;;;1-2;;/h3-4H,5-8H2,1-2H3;1-2H,3-6H2;1-2,10-11H,3-6H2;2H,1H2;2*1H4;;;2H3;2*1H2/q;;;-1;;;2*+1;;;/p-1/i;;;;;;;;2TD2;;. The molecule has 0 amide bonds. The van der Waals surface area contributed by atoms with Gasteiger partial charge in [-0.3, -0.25) is 16.5 Å². The van der Waals surface area contributed by atoms with E-state index in [9.17, 15) is 14.2 Å². The van der Waals surface area contributed by atoms with Gasteiger partial charge in [-0.2, -0.15) is 0 Å². The third-order valence-corrected chi connectivity index (χ3v) is 12.1. The molecule has 5 N–H and O–H groups in total. The first-order valence-electron chi connectivity index (χ1n) is 17.2. The molecule has 0 unspecified atom stereocenters. The summed E-state index contributed by atoms with van der Waals surface area (Å²) >= 11 is 11.6. The van der Waals surface area contributed by atoms with Crippen molar-refractivity contribution in [2.24, 2.45) is 16.2 Å². The van der Waals surface area contributed by atoms with E-state index in [1.165, 1.54) is 36.5 Å². The van der Waals surface area contributed by atoms with Crippen molar-refractivity contribution < 1.29 is 142 Å². The summed E-state index contributed by atoms with van der Waals surface area (Å²) in [7, 11) is -3.89. The average Bonchev–Trinajstić information content (AvgIpc) is 3.53. The number of esters is 2. The molecule has 4 aliphatic rings. The molecule has 0 radical (unpaired) electrons. The fourth-order valence-electron chi connectivity index (χ4n) is 4.14. The number of hydrogen-bond acceptors (Lipinski definition) is 19. The van der Waals surface area contributed by atoms with E-state index in [2.05, 4.69) is 48.6 Å². The largest absolute Gasteiger partial charge is 1.00 e. The summed E-state index contributed by atoms with van der Waals surface area (Å²) < 4.78 is 70.5. The molecule has 7 heterocycles. The van der Waals surface area contributed by atoms with Crippen LogP contribution in [0.5, 0.6) is 34.5 Å². The molecule has 1 saturated heterocycles. The number of aliphatic hydroxyl groups excluding tert-OH is 2. The van der Waals surface area contributed by atoms with Crippen LogP contribution in [0.1, 0.15) is 28.7 Å². The minimum Gasteiger partial charge on any atom is -0.870 e. The van der Waals surface area contributed by atoms with Gasteiger partial charge in [0, 0.05) is 56.8 Å². The van der Waals surface area contributed by atoms with Crippen molar-refractivity contribution in [2.75, 3.05) is 76.7 Å². The van der Waals surface area contributed by atoms with Gasteiger partial charge in [0.25, 0.3) is 0 Å². The second-order valence-electron chi connectivity index (χ2n) is 12.3. The van der Waals surface area contributed by atoms with Crippen LogP contribution < -0.4 is 87.5 Å². The number of alkyl halides is 2. The van der Waals surface area contributed by atoms with E-state index in [1.54, 1.807) is 11.3 Å². The molecule has 7 rings (SSSR count). The van der Waals surface area contributed by atoms with Crippen molar-refractivity contribution in [1.82, 2.24) is 0 Å². The normalized spacial score (nSPS) is 17.0. The minimum atomic E-state index is -3.89. The van der Waals surface area contributed by atoms with Gasteiger partial charge in [0.05, 0.1) is 50.0 Å². The van der Waals surface area contributed by atoms with E-state index < -0.39 is 31.7 Å². The quantitative estimate of drug-likeness (QED) is 0.0561. The molecule has 0 spiro atoms. The maximum atomic E-state index is 11.0. The molecule has 336 valence electrons. The van der Waals surface area contributed by atoms with Gasteiger partial charge in [-0.15, -0.1) is 34.0 Å². The van der Waals surface area contributed by atoms with E-state index in [-0.39, 0.29) is 149 Å². The Hall–Kier alpha value is -0.210. The van der Waals surface area contributed by atoms with E-state index in [0.29, 0.717) is 36.2 Å². The van der Waals surface area contributed by atoms with Gasteiger partial charge in [-0.05, 0) is 0 Å². The summed E-state index contributed by atoms with van der Waals surface area (Å²) in [6.45, 7) is 8.26. The number of rotatable bonds is 8. The smallest absolute Gasteiger partial charge is 0.870 e. The van der Waals surface area contributed by atoms with E-state index in [1.807, 2.05) is 32.3 Å². The summed E-state index contributed by atoms with van der Waals surface area (Å²) in [4.78, 5) is 30.2. The molecule has 3 aromatic rings. The molecule has 3 aromatic heterocycles. The van der Waals surface area contributed by atoms with E-state index in [4.69, 9.17) is 51.9 Å². The molecule has 60 heavy (non-hydrogen) atoms.